The summed E-state index contributed by atoms with van der Waals surface area (Å²) in [4.78, 5) is 32.3. The van der Waals surface area contributed by atoms with E-state index in [-0.39, 0.29) is 48.0 Å². The minimum Gasteiger partial charge on any atom is -0.376 e. The first-order valence-electron chi connectivity index (χ1n) is 10.8. The molecule has 2 aromatic rings. The molecule has 11 heteroatoms. The minimum atomic E-state index is -3.18. The van der Waals surface area contributed by atoms with Crippen LogP contribution in [-0.2, 0) is 24.2 Å². The topological polar surface area (TPSA) is 109 Å². The Morgan fingerprint density at radius 2 is 2.09 bits per heavy atom. The molecule has 0 spiro atoms. The number of anilines is 1. The van der Waals surface area contributed by atoms with Gasteiger partial charge < -0.3 is 4.74 Å². The summed E-state index contributed by atoms with van der Waals surface area (Å²) in [7, 11) is -3.18. The molecule has 0 saturated carbocycles. The number of rotatable bonds is 5. The number of thiazole rings is 1. The zero-order valence-electron chi connectivity index (χ0n) is 17.5. The summed E-state index contributed by atoms with van der Waals surface area (Å²) in [6.45, 7) is 1.04. The zero-order chi connectivity index (χ0) is 22.3. The summed E-state index contributed by atoms with van der Waals surface area (Å²) in [6.07, 6.45) is 2.44. The van der Waals surface area contributed by atoms with E-state index in [2.05, 4.69) is 10.1 Å². The van der Waals surface area contributed by atoms with Crippen LogP contribution < -0.4 is 4.90 Å². The van der Waals surface area contributed by atoms with Gasteiger partial charge in [-0.1, -0.05) is 23.5 Å². The van der Waals surface area contributed by atoms with Crippen molar-refractivity contribution in [1.82, 2.24) is 9.99 Å². The van der Waals surface area contributed by atoms with Crippen LogP contribution in [0.15, 0.2) is 29.4 Å². The van der Waals surface area contributed by atoms with Gasteiger partial charge in [-0.15, -0.1) is 0 Å². The van der Waals surface area contributed by atoms with Gasteiger partial charge in [-0.05, 0) is 31.4 Å². The van der Waals surface area contributed by atoms with Gasteiger partial charge in [0.25, 0.3) is 5.91 Å². The number of sulfone groups is 1. The number of hydrogen-bond acceptors (Lipinski definition) is 8. The molecule has 5 rings (SSSR count). The first-order chi connectivity index (χ1) is 15.4. The molecule has 3 aliphatic rings. The average molecular weight is 477 g/mol. The van der Waals surface area contributed by atoms with Crippen LogP contribution in [0.3, 0.4) is 0 Å². The average Bonchev–Trinajstić information content (AvgIpc) is 3.51. The number of fused-ring (bicyclic) bond motifs is 1. The maximum absolute atomic E-state index is 13.6. The van der Waals surface area contributed by atoms with Crippen LogP contribution in [0.5, 0.6) is 0 Å². The molecule has 0 bridgehead atoms. The highest BCUT2D eigenvalue weighted by Gasteiger charge is 2.38. The van der Waals surface area contributed by atoms with Crippen LogP contribution in [-0.4, -0.2) is 72.7 Å². The van der Waals surface area contributed by atoms with Crippen LogP contribution in [0.1, 0.15) is 32.1 Å². The molecule has 0 N–H and O–H groups in total. The lowest BCUT2D eigenvalue weighted by molar-refractivity contribution is -0.133. The fraction of sp³-hybridized carbons (Fsp3) is 0.524. The molecule has 0 unspecified atom stereocenters. The van der Waals surface area contributed by atoms with Crippen molar-refractivity contribution in [2.75, 3.05) is 29.6 Å². The molecule has 0 radical (unpaired) electrons. The van der Waals surface area contributed by atoms with E-state index in [1.165, 1.54) is 16.3 Å². The number of hydrazone groups is 1. The van der Waals surface area contributed by atoms with E-state index >= 15 is 0 Å². The molecule has 0 aliphatic carbocycles. The zero-order valence-corrected chi connectivity index (χ0v) is 19.1. The van der Waals surface area contributed by atoms with Crippen molar-refractivity contribution in [1.29, 1.82) is 0 Å². The van der Waals surface area contributed by atoms with Crippen LogP contribution in [0.2, 0.25) is 0 Å². The Hall–Kier alpha value is -2.37. The molecule has 2 saturated heterocycles. The van der Waals surface area contributed by atoms with Crippen molar-refractivity contribution in [3.05, 3.63) is 24.3 Å². The smallest absolute Gasteiger partial charge is 0.276 e. The molecule has 2 amide bonds. The van der Waals surface area contributed by atoms with Crippen molar-refractivity contribution in [3.8, 4) is 0 Å². The quantitative estimate of drug-likeness (QED) is 0.653. The van der Waals surface area contributed by atoms with Gasteiger partial charge in [-0.3, -0.25) is 14.5 Å². The number of benzene rings is 1. The third kappa shape index (κ3) is 4.28. The number of carbonyl (C=O) groups is 2. The lowest BCUT2D eigenvalue weighted by atomic mass is 10.1. The van der Waals surface area contributed by atoms with Crippen LogP contribution in [0, 0.1) is 0 Å². The molecule has 2 fully saturated rings. The van der Waals surface area contributed by atoms with Crippen molar-refractivity contribution in [2.24, 2.45) is 5.10 Å². The van der Waals surface area contributed by atoms with E-state index in [0.29, 0.717) is 24.7 Å². The molecular weight excluding hydrogens is 452 g/mol. The third-order valence-corrected chi connectivity index (χ3v) is 8.84. The molecule has 1 aromatic heterocycles. The van der Waals surface area contributed by atoms with Crippen LogP contribution >= 0.6 is 11.3 Å². The van der Waals surface area contributed by atoms with E-state index in [1.54, 1.807) is 4.90 Å². The van der Waals surface area contributed by atoms with Gasteiger partial charge in [0.15, 0.2) is 15.0 Å². The number of hydrogen-bond donors (Lipinski definition) is 0. The first kappa shape index (κ1) is 21.5. The molecule has 2 atom stereocenters. The molecule has 3 aliphatic heterocycles. The van der Waals surface area contributed by atoms with E-state index in [4.69, 9.17) is 4.74 Å². The number of nitrogens with zero attached hydrogens (tertiary/aromatic N) is 4. The van der Waals surface area contributed by atoms with Gasteiger partial charge in [-0.2, -0.15) is 5.10 Å². The molecule has 1 aromatic carbocycles. The van der Waals surface area contributed by atoms with Gasteiger partial charge in [0.05, 0.1) is 40.4 Å². The number of para-hydroxylation sites is 1. The van der Waals surface area contributed by atoms with Crippen molar-refractivity contribution in [2.45, 2.75) is 44.2 Å². The lowest BCUT2D eigenvalue weighted by Crippen LogP contribution is -2.46. The van der Waals surface area contributed by atoms with E-state index < -0.39 is 15.9 Å². The highest BCUT2D eigenvalue weighted by Crippen LogP contribution is 2.31. The predicted octanol–water partition coefficient (Wildman–Crippen LogP) is 1.97. The maximum Gasteiger partial charge on any atom is 0.276 e. The van der Waals surface area contributed by atoms with E-state index in [9.17, 15) is 18.0 Å². The third-order valence-electron chi connectivity index (χ3n) is 6.03. The van der Waals surface area contributed by atoms with Crippen LogP contribution in [0.4, 0.5) is 5.13 Å². The van der Waals surface area contributed by atoms with Crippen molar-refractivity contribution in [3.63, 3.8) is 0 Å². The summed E-state index contributed by atoms with van der Waals surface area (Å²) in [5, 5.41) is 6.16. The van der Waals surface area contributed by atoms with E-state index in [1.807, 2.05) is 24.3 Å². The Morgan fingerprint density at radius 3 is 2.81 bits per heavy atom. The Morgan fingerprint density at radius 1 is 1.25 bits per heavy atom. The Bertz CT molecular complexity index is 1150. The predicted molar refractivity (Wildman–Crippen MR) is 122 cm³/mol. The van der Waals surface area contributed by atoms with Crippen molar-refractivity contribution < 1.29 is 22.7 Å². The van der Waals surface area contributed by atoms with Gasteiger partial charge in [0.1, 0.15) is 5.71 Å². The number of aromatic nitrogens is 1. The summed E-state index contributed by atoms with van der Waals surface area (Å²) < 4.78 is 30.5. The second-order valence-electron chi connectivity index (χ2n) is 8.36. The summed E-state index contributed by atoms with van der Waals surface area (Å²) in [5.41, 5.74) is 1.07. The maximum atomic E-state index is 13.6. The monoisotopic (exact) mass is 476 g/mol. The molecule has 32 heavy (non-hydrogen) atoms. The van der Waals surface area contributed by atoms with E-state index in [0.717, 1.165) is 23.1 Å². The minimum absolute atomic E-state index is 0.0388. The highest BCUT2D eigenvalue weighted by molar-refractivity contribution is 7.91. The summed E-state index contributed by atoms with van der Waals surface area (Å²) in [5.74, 6) is -0.620. The number of carbonyl (C=O) groups excluding carboxylic acids is 2. The first-order valence-corrected chi connectivity index (χ1v) is 13.4. The van der Waals surface area contributed by atoms with Crippen LogP contribution in [0.25, 0.3) is 10.2 Å². The standard InChI is InChI=1S/C21H24N4O5S2/c26-19-8-7-17(23-25(19)14-9-11-32(28,29)13-14)20(27)24(12-15-4-3-10-30-15)21-22-16-5-1-2-6-18(16)31-21/h1-2,5-6,14-15H,3-4,7-13H2/t14-,15-/m1/s1. The summed E-state index contributed by atoms with van der Waals surface area (Å²) in [6, 6.07) is 7.20. The molecule has 4 heterocycles. The Kier molecular flexibility index (Phi) is 5.72. The van der Waals surface area contributed by atoms with Crippen molar-refractivity contribution >= 4 is 54.0 Å². The molecular formula is C21H24N4O5S2. The molecule has 170 valence electrons. The van der Waals surface area contributed by atoms with Gasteiger partial charge in [0.2, 0.25) is 5.91 Å². The second kappa shape index (κ2) is 8.53. The summed E-state index contributed by atoms with van der Waals surface area (Å²) >= 11 is 1.43. The number of ether oxygens (including phenoxy) is 1. The SMILES string of the molecule is O=C(C1=NN([C@@H]2CCS(=O)(=O)C2)C(=O)CC1)N(C[C@H]1CCCO1)c1nc2ccccc2s1. The largest absolute Gasteiger partial charge is 0.376 e. The fourth-order valence-corrected chi connectivity index (χ4v) is 7.02. The van der Waals surface area contributed by atoms with Gasteiger partial charge in [-0.25, -0.2) is 18.4 Å². The second-order valence-corrected chi connectivity index (χ2v) is 11.6. The number of amides is 2. The van der Waals surface area contributed by atoms with Gasteiger partial charge in [0, 0.05) is 19.4 Å². The Labute approximate surface area is 190 Å². The fourth-order valence-electron chi connectivity index (χ4n) is 4.35. The van der Waals surface area contributed by atoms with Gasteiger partial charge >= 0.3 is 0 Å². The molecule has 9 nitrogen and oxygen atoms in total. The highest BCUT2D eigenvalue weighted by atomic mass is 32.2. The lowest BCUT2D eigenvalue weighted by Gasteiger charge is -2.30. The normalized spacial score (nSPS) is 25.3. The Balaban J connectivity index is 1.45.